The quantitative estimate of drug-likeness (QED) is 0.196. The second kappa shape index (κ2) is 12.4. The van der Waals surface area contributed by atoms with E-state index >= 15 is 0 Å². The van der Waals surface area contributed by atoms with Crippen LogP contribution < -0.4 is 0 Å². The molecule has 0 bridgehead atoms. The Kier molecular flexibility index (Phi) is 8.06. The number of nitrogens with zero attached hydrogens (tertiary/aromatic N) is 3. The molecule has 1 N–H and O–H groups in total. The number of halogens is 2. The van der Waals surface area contributed by atoms with Gasteiger partial charge in [0.05, 0.1) is 18.1 Å². The van der Waals surface area contributed by atoms with Crippen molar-refractivity contribution >= 4 is 21.6 Å². The molecule has 7 aromatic rings. The Bertz CT molecular complexity index is 1800. The molecule has 7 rings (SSSR count). The van der Waals surface area contributed by atoms with Gasteiger partial charge >= 0.3 is 0 Å². The molecule has 0 amide bonds. The number of pyridine rings is 1. The van der Waals surface area contributed by atoms with Crippen molar-refractivity contribution in [1.82, 2.24) is 19.6 Å². The van der Waals surface area contributed by atoms with Gasteiger partial charge in [-0.2, -0.15) is 5.10 Å². The predicted molar refractivity (Wildman–Crippen MR) is 171 cm³/mol. The molecule has 0 radical (unpaired) electrons. The number of benzene rings is 4. The normalized spacial score (nSPS) is 11.0. The number of hydrogen-bond donors (Lipinski definition) is 1. The summed E-state index contributed by atoms with van der Waals surface area (Å²) < 4.78 is 16.0. The van der Waals surface area contributed by atoms with Crippen LogP contribution >= 0.6 is 15.9 Å². The van der Waals surface area contributed by atoms with Crippen LogP contribution in [-0.4, -0.2) is 19.6 Å². The van der Waals surface area contributed by atoms with Crippen molar-refractivity contribution in [1.29, 1.82) is 0 Å². The Morgan fingerprint density at radius 3 is 1.81 bits per heavy atom. The van der Waals surface area contributed by atoms with Gasteiger partial charge in [-0.1, -0.05) is 91.0 Å². The monoisotopic (exact) mass is 614 g/mol. The molecular weight excluding hydrogens is 587 g/mol. The Morgan fingerprint density at radius 2 is 1.26 bits per heavy atom. The molecule has 0 unspecified atom stereocenters. The molecule has 206 valence electrons. The molecular formula is C36H28BrFN4. The van der Waals surface area contributed by atoms with Crippen molar-refractivity contribution in [3.05, 3.63) is 173 Å². The van der Waals surface area contributed by atoms with Crippen LogP contribution in [0.1, 0.15) is 28.2 Å². The number of aryl methyl sites for hydroxylation is 1. The van der Waals surface area contributed by atoms with Crippen molar-refractivity contribution in [2.75, 3.05) is 0 Å². The molecule has 3 aromatic heterocycles. The number of rotatable bonds is 5. The first-order chi connectivity index (χ1) is 20.6. The van der Waals surface area contributed by atoms with Gasteiger partial charge in [-0.15, -0.1) is 0 Å². The van der Waals surface area contributed by atoms with E-state index in [1.165, 1.54) is 28.8 Å². The van der Waals surface area contributed by atoms with Crippen molar-refractivity contribution in [2.45, 2.75) is 12.8 Å². The number of fused-ring (bicyclic) bond motifs is 1. The van der Waals surface area contributed by atoms with E-state index in [2.05, 4.69) is 122 Å². The molecule has 4 aromatic carbocycles. The fraction of sp³-hybridized carbons (Fsp3) is 0.0556. The molecule has 0 aliphatic heterocycles. The summed E-state index contributed by atoms with van der Waals surface area (Å²) in [6.07, 6.45) is 5.59. The second-order valence-electron chi connectivity index (χ2n) is 10.0. The van der Waals surface area contributed by atoms with Crippen LogP contribution in [0.15, 0.2) is 145 Å². The van der Waals surface area contributed by atoms with Crippen molar-refractivity contribution in [2.24, 2.45) is 0 Å². The molecule has 0 aliphatic carbocycles. The van der Waals surface area contributed by atoms with Gasteiger partial charge in [-0.25, -0.2) is 9.37 Å². The van der Waals surface area contributed by atoms with E-state index in [-0.39, 0.29) is 5.82 Å². The largest absolute Gasteiger partial charge is 0.294 e. The third kappa shape index (κ3) is 5.80. The van der Waals surface area contributed by atoms with E-state index in [0.29, 0.717) is 5.92 Å². The third-order valence-corrected chi connectivity index (χ3v) is 7.86. The van der Waals surface area contributed by atoms with Gasteiger partial charge in [0, 0.05) is 28.8 Å². The average molecular weight is 616 g/mol. The Morgan fingerprint density at radius 1 is 0.714 bits per heavy atom. The molecule has 0 atom stereocenters. The van der Waals surface area contributed by atoms with E-state index < -0.39 is 0 Å². The number of aromatic amines is 1. The zero-order valence-corrected chi connectivity index (χ0v) is 24.5. The Labute approximate surface area is 252 Å². The molecule has 0 saturated carbocycles. The van der Waals surface area contributed by atoms with Crippen LogP contribution in [0.2, 0.25) is 0 Å². The maximum absolute atomic E-state index is 13.2. The van der Waals surface area contributed by atoms with Crippen LogP contribution in [0.3, 0.4) is 0 Å². The summed E-state index contributed by atoms with van der Waals surface area (Å²) in [5.74, 6) is 0.0540. The van der Waals surface area contributed by atoms with Gasteiger partial charge in [0.1, 0.15) is 16.1 Å². The first-order valence-corrected chi connectivity index (χ1v) is 14.5. The third-order valence-electron chi connectivity index (χ3n) is 7.27. The van der Waals surface area contributed by atoms with Gasteiger partial charge in [-0.05, 0) is 75.4 Å². The summed E-state index contributed by atoms with van der Waals surface area (Å²) in [5.41, 5.74) is 9.75. The number of nitrogens with one attached hydrogen (secondary N) is 1. The fourth-order valence-electron chi connectivity index (χ4n) is 5.21. The Balaban J connectivity index is 0.000000153. The Hall–Kier alpha value is -4.81. The van der Waals surface area contributed by atoms with E-state index in [1.54, 1.807) is 24.5 Å². The number of imidazole rings is 1. The highest BCUT2D eigenvalue weighted by Gasteiger charge is 2.16. The zero-order chi connectivity index (χ0) is 28.9. The van der Waals surface area contributed by atoms with E-state index in [1.807, 2.05) is 23.6 Å². The first-order valence-electron chi connectivity index (χ1n) is 13.7. The molecule has 0 fully saturated rings. The lowest BCUT2D eigenvalue weighted by molar-refractivity contribution is 0.628. The minimum atomic E-state index is -0.255. The minimum Gasteiger partial charge on any atom is -0.294 e. The average Bonchev–Trinajstić information content (AvgIpc) is 3.66. The van der Waals surface area contributed by atoms with Crippen molar-refractivity contribution in [3.63, 3.8) is 0 Å². The van der Waals surface area contributed by atoms with Crippen LogP contribution in [-0.2, 0) is 0 Å². The topological polar surface area (TPSA) is 46.0 Å². The summed E-state index contributed by atoms with van der Waals surface area (Å²) in [7, 11) is 0. The summed E-state index contributed by atoms with van der Waals surface area (Å²) >= 11 is 3.50. The molecule has 6 heteroatoms. The molecule has 0 spiro atoms. The number of H-pyrrole nitrogens is 1. The van der Waals surface area contributed by atoms with Crippen LogP contribution in [0, 0.1) is 12.7 Å². The van der Waals surface area contributed by atoms with Crippen LogP contribution in [0.5, 0.6) is 0 Å². The maximum Gasteiger partial charge on any atom is 0.137 e. The standard InChI is InChI=1S/C19H16.C17H12BrFN4/c1-4-10-16(11-5-1)19(17-12-6-2-7-13-17)18-14-8-3-9-15-18;1-10-6-16-20-8-15(18)23(16)9-14(10)13-7-21-22-17(13)11-2-4-12(19)5-3-11/h1-15,19H;2-9H,1H3,(H,21,22). The van der Waals surface area contributed by atoms with Crippen molar-refractivity contribution < 1.29 is 4.39 Å². The summed E-state index contributed by atoms with van der Waals surface area (Å²) in [6, 6.07) is 40.4. The fourth-order valence-corrected chi connectivity index (χ4v) is 5.60. The lowest BCUT2D eigenvalue weighted by atomic mass is 9.85. The lowest BCUT2D eigenvalue weighted by Gasteiger charge is -2.18. The molecule has 3 heterocycles. The van der Waals surface area contributed by atoms with Crippen molar-refractivity contribution in [3.8, 4) is 22.4 Å². The van der Waals surface area contributed by atoms with Gasteiger partial charge in [0.25, 0.3) is 0 Å². The second-order valence-corrected chi connectivity index (χ2v) is 10.8. The SMILES string of the molecule is Cc1cc2ncc(Br)n2cc1-c1cn[nH]c1-c1ccc(F)cc1.c1ccc(C(c2ccccc2)c2ccccc2)cc1. The highest BCUT2D eigenvalue weighted by molar-refractivity contribution is 9.10. The summed E-state index contributed by atoms with van der Waals surface area (Å²) in [5, 5.41) is 7.19. The lowest BCUT2D eigenvalue weighted by Crippen LogP contribution is -2.02. The molecule has 0 aliphatic rings. The minimum absolute atomic E-state index is 0.255. The van der Waals surface area contributed by atoms with Gasteiger partial charge in [0.2, 0.25) is 0 Å². The highest BCUT2D eigenvalue weighted by atomic mass is 79.9. The molecule has 42 heavy (non-hydrogen) atoms. The van der Waals surface area contributed by atoms with E-state index in [9.17, 15) is 4.39 Å². The van der Waals surface area contributed by atoms with Crippen LogP contribution in [0.25, 0.3) is 28.0 Å². The summed E-state index contributed by atoms with van der Waals surface area (Å²) in [6.45, 7) is 2.04. The van der Waals surface area contributed by atoms with Gasteiger partial charge in [0.15, 0.2) is 0 Å². The zero-order valence-electron chi connectivity index (χ0n) is 23.0. The first kappa shape index (κ1) is 27.4. The molecule has 0 saturated heterocycles. The molecule has 4 nitrogen and oxygen atoms in total. The van der Waals surface area contributed by atoms with E-state index in [4.69, 9.17) is 0 Å². The smallest absolute Gasteiger partial charge is 0.137 e. The maximum atomic E-state index is 13.2. The highest BCUT2D eigenvalue weighted by Crippen LogP contribution is 2.34. The number of hydrogen-bond acceptors (Lipinski definition) is 2. The van der Waals surface area contributed by atoms with Crippen LogP contribution in [0.4, 0.5) is 4.39 Å². The van der Waals surface area contributed by atoms with E-state index in [0.717, 1.165) is 38.2 Å². The number of aromatic nitrogens is 4. The van der Waals surface area contributed by atoms with Gasteiger partial charge < -0.3 is 0 Å². The van der Waals surface area contributed by atoms with Gasteiger partial charge in [-0.3, -0.25) is 9.50 Å². The summed E-state index contributed by atoms with van der Waals surface area (Å²) in [4.78, 5) is 4.34. The predicted octanol–water partition coefficient (Wildman–Crippen LogP) is 9.47.